The van der Waals surface area contributed by atoms with Crippen LogP contribution in [0, 0.1) is 34.0 Å². The van der Waals surface area contributed by atoms with E-state index in [0.717, 1.165) is 0 Å². The molecular formula is C77H104F38O24. The van der Waals surface area contributed by atoms with Gasteiger partial charge in [0.25, 0.3) is 11.8 Å². The molecule has 0 radical (unpaired) electrons. The van der Waals surface area contributed by atoms with Crippen molar-refractivity contribution >= 4 is 71.6 Å². The van der Waals surface area contributed by atoms with Crippen LogP contribution < -0.4 is 0 Å². The van der Waals surface area contributed by atoms with Gasteiger partial charge in [-0.3, -0.25) is 28.8 Å². The monoisotopic (exact) mass is 2130 g/mol. The molecule has 0 amide bonds. The van der Waals surface area contributed by atoms with Gasteiger partial charge in [-0.25, -0.2) is 99.0 Å². The molecule has 0 spiro atoms. The number of rotatable bonds is 54. The lowest BCUT2D eigenvalue weighted by Crippen LogP contribution is -2.45. The Morgan fingerprint density at radius 3 is 0.518 bits per heavy atom. The predicted molar refractivity (Wildman–Crippen MR) is 395 cm³/mol. The van der Waals surface area contributed by atoms with Crippen LogP contribution in [0.25, 0.3) is 0 Å². The van der Waals surface area contributed by atoms with Gasteiger partial charge in [0.2, 0.25) is 12.9 Å². The first kappa shape index (κ1) is 141. The van der Waals surface area contributed by atoms with Crippen molar-refractivity contribution in [1.29, 1.82) is 0 Å². The molecule has 3 atom stereocenters. The third kappa shape index (κ3) is 57.6. The van der Waals surface area contributed by atoms with Gasteiger partial charge in [0, 0.05) is 0 Å². The van der Waals surface area contributed by atoms with Crippen molar-refractivity contribution in [2.75, 3.05) is 79.3 Å². The summed E-state index contributed by atoms with van der Waals surface area (Å²) in [6.07, 6.45) is -45.8. The molecule has 0 aliphatic heterocycles. The minimum atomic E-state index is -6.22. The lowest BCUT2D eigenvalue weighted by Gasteiger charge is -2.24. The van der Waals surface area contributed by atoms with E-state index < -0.39 is 345 Å². The van der Waals surface area contributed by atoms with E-state index in [0.29, 0.717) is 38.5 Å². The number of hydrogen-bond acceptors (Lipinski definition) is 24. The highest BCUT2D eigenvalue weighted by molar-refractivity contribution is 5.81. The Morgan fingerprint density at radius 2 is 0.374 bits per heavy atom. The zero-order valence-electron chi connectivity index (χ0n) is 76.1. The van der Waals surface area contributed by atoms with E-state index >= 15 is 0 Å². The SMILES string of the molecule is CCC(C)(C)C(=O)OCCOC(=O)C(F)(F)CC(F)(F)C(F)(F)F.CCC(C)(C)C(=O)OCCOC(=O)C(F)(F)CC(F)(F)C(F)F.CCC(C)(C)C(=O)OCCOC(=O)C(F)(F)CC(F)(F)CC(F)F.CCC(C)C(=O)OCCOC(=O)C(F)(F)CC(F)(F)C(F)(F)F.CCC(C)C(=O)OCCOC(=O)C(F)(F)CC(F)(F)C(F)F.CCC(C)C(=O)OCCOC(=O)C(F)(F)CC(F)(F)CC(F)F. The van der Waals surface area contributed by atoms with E-state index in [1.54, 1.807) is 83.1 Å². The number of alkyl halides is 38. The quantitative estimate of drug-likeness (QED) is 0.0236. The summed E-state index contributed by atoms with van der Waals surface area (Å²) in [4.78, 5) is 134. The molecule has 0 fully saturated rings. The van der Waals surface area contributed by atoms with E-state index in [1.165, 1.54) is 20.8 Å². The molecule has 0 aliphatic rings. The molecule has 0 aromatic heterocycles. The molecule has 0 bridgehead atoms. The maximum absolute atomic E-state index is 13.3. The third-order valence-corrected chi connectivity index (χ3v) is 17.6. The summed E-state index contributed by atoms with van der Waals surface area (Å²) in [6.45, 7) is 15.9. The summed E-state index contributed by atoms with van der Waals surface area (Å²) in [5.41, 5.74) is -2.51. The highest BCUT2D eigenvalue weighted by atomic mass is 19.4. The lowest BCUT2D eigenvalue weighted by atomic mass is 9.91. The van der Waals surface area contributed by atoms with Gasteiger partial charge in [-0.1, -0.05) is 62.3 Å². The second-order valence-electron chi connectivity index (χ2n) is 31.1. The summed E-state index contributed by atoms with van der Waals surface area (Å²) < 4.78 is 527. The van der Waals surface area contributed by atoms with Crippen LogP contribution in [0.15, 0.2) is 0 Å². The van der Waals surface area contributed by atoms with Gasteiger partial charge in [-0.05, 0) is 80.1 Å². The van der Waals surface area contributed by atoms with Gasteiger partial charge >= 0.3 is 156 Å². The molecule has 24 nitrogen and oxygen atoms in total. The summed E-state index contributed by atoms with van der Waals surface area (Å²) in [5, 5.41) is 0. The number of esters is 12. The molecule has 0 aliphatic carbocycles. The van der Waals surface area contributed by atoms with Gasteiger partial charge in [0.15, 0.2) is 0 Å². The highest BCUT2D eigenvalue weighted by Crippen LogP contribution is 2.46. The Kier molecular flexibility index (Phi) is 60.5. The van der Waals surface area contributed by atoms with Crippen molar-refractivity contribution in [2.45, 2.75) is 303 Å². The van der Waals surface area contributed by atoms with E-state index in [2.05, 4.69) is 52.1 Å². The van der Waals surface area contributed by atoms with E-state index in [9.17, 15) is 224 Å². The molecule has 0 saturated carbocycles. The van der Waals surface area contributed by atoms with Crippen LogP contribution in [0.1, 0.15) is 194 Å². The topological polar surface area (TPSA) is 316 Å². The second kappa shape index (κ2) is 59.8. The Bertz CT molecular complexity index is 3730. The van der Waals surface area contributed by atoms with E-state index in [4.69, 9.17) is 4.74 Å². The average Bonchev–Trinajstić information content (AvgIpc) is 0.807. The molecule has 0 saturated heterocycles. The number of carbonyl (C=O) groups excluding carboxylic acids is 12. The fourth-order valence-electron chi connectivity index (χ4n) is 7.40. The molecule has 0 rings (SSSR count). The largest absolute Gasteiger partial charge is 0.462 e. The van der Waals surface area contributed by atoms with Crippen molar-refractivity contribution < 1.29 is 281 Å². The van der Waals surface area contributed by atoms with E-state index in [1.807, 2.05) is 0 Å². The first-order chi connectivity index (χ1) is 62.1. The average molecular weight is 2140 g/mol. The normalized spacial score (nSPS) is 13.6. The van der Waals surface area contributed by atoms with E-state index in [-0.39, 0.29) is 0 Å². The minimum Gasteiger partial charge on any atom is -0.462 e. The maximum atomic E-state index is 13.3. The Morgan fingerprint density at radius 1 is 0.223 bits per heavy atom. The van der Waals surface area contributed by atoms with Gasteiger partial charge in [-0.2, -0.15) is 96.6 Å². The van der Waals surface area contributed by atoms with Crippen LogP contribution in [0.3, 0.4) is 0 Å². The lowest BCUT2D eigenvalue weighted by molar-refractivity contribution is -0.299. The first-order valence-electron chi connectivity index (χ1n) is 40.0. The molecule has 0 aromatic carbocycles. The fraction of sp³-hybridized carbons (Fsp3) is 0.844. The van der Waals surface area contributed by atoms with Crippen molar-refractivity contribution in [2.24, 2.45) is 34.0 Å². The van der Waals surface area contributed by atoms with Crippen LogP contribution in [0.5, 0.6) is 0 Å². The molecule has 0 N–H and O–H groups in total. The first-order valence-corrected chi connectivity index (χ1v) is 40.0. The zero-order valence-corrected chi connectivity index (χ0v) is 76.1. The van der Waals surface area contributed by atoms with Crippen LogP contribution >= 0.6 is 0 Å². The number of carbonyl (C=O) groups is 12. The van der Waals surface area contributed by atoms with Crippen molar-refractivity contribution in [1.82, 2.24) is 0 Å². The summed E-state index contributed by atoms with van der Waals surface area (Å²) >= 11 is 0. The molecule has 62 heteroatoms. The number of halogens is 38. The van der Waals surface area contributed by atoms with Gasteiger partial charge in [0.1, 0.15) is 79.3 Å². The molecule has 139 heavy (non-hydrogen) atoms. The fourth-order valence-corrected chi connectivity index (χ4v) is 7.40. The summed E-state index contributed by atoms with van der Waals surface area (Å²) in [5.74, 6) is -79.1. The summed E-state index contributed by atoms with van der Waals surface area (Å²) in [7, 11) is 0. The smallest absolute Gasteiger partial charge is 0.453 e. The maximum Gasteiger partial charge on any atom is 0.453 e. The zero-order chi connectivity index (χ0) is 111. The van der Waals surface area contributed by atoms with Crippen molar-refractivity contribution in [3.8, 4) is 0 Å². The van der Waals surface area contributed by atoms with Crippen LogP contribution in [0.2, 0.25) is 0 Å². The second-order valence-corrected chi connectivity index (χ2v) is 31.1. The van der Waals surface area contributed by atoms with Gasteiger partial charge in [0.05, 0.1) is 85.4 Å². The van der Waals surface area contributed by atoms with Crippen LogP contribution in [0.4, 0.5) is 167 Å². The molecule has 3 unspecified atom stereocenters. The standard InChI is InChI=1S/C14H20F6O4.C13H17F7O4.2C13H18F6O4.C12H15F7O4.C12H16F6O4/c1-4-12(2,3)10(21)23-5-6-24-11(22)14(19,20)8-13(17,18)7-9(15)16;1-4-10(2,3)8(21)23-5-6-24-9(22)11(14,15)7-12(16,17)13(18,19)20;1-4-11(2,3)9(20)22-5-6-23-10(21)13(18,19)7-12(16,17)8(14)15;1-3-8(2)10(20)22-4-5-23-11(21)13(18,19)7-12(16,17)6-9(14)15;1-3-7(2)8(20)22-4-5-23-9(21)10(13,14)6-11(15,16)12(17,18)19;1-3-7(2)8(19)21-4-5-22-10(20)12(17,18)6-11(15,16)9(13)14/h9H,4-8H2,1-3H3;4-7H2,1-3H3;8H,4-7H2,1-3H3;8-9H,3-7H2,1-2H3;7H,3-6H2,1-2H3;7,9H,3-6H2,1-2H3. The third-order valence-electron chi connectivity index (χ3n) is 17.6. The summed E-state index contributed by atoms with van der Waals surface area (Å²) in [6, 6.07) is 0. The van der Waals surface area contributed by atoms with Gasteiger partial charge in [-0.15, -0.1) is 0 Å². The molecule has 0 heterocycles. The van der Waals surface area contributed by atoms with Crippen molar-refractivity contribution in [3.63, 3.8) is 0 Å². The Hall–Kier alpha value is -9.02. The number of ether oxygens (including phenoxy) is 12. The minimum absolute atomic E-state index is 0.399. The highest BCUT2D eigenvalue weighted by Gasteiger charge is 2.66. The molecular weight excluding hydrogens is 2030 g/mol. The Labute approximate surface area is 767 Å². The molecule has 822 valence electrons. The Balaban J connectivity index is -0.000000382. The molecule has 0 aromatic rings. The van der Waals surface area contributed by atoms with Gasteiger partial charge < -0.3 is 56.8 Å². The van der Waals surface area contributed by atoms with Crippen LogP contribution in [-0.4, -0.2) is 260 Å². The van der Waals surface area contributed by atoms with Crippen molar-refractivity contribution in [3.05, 3.63) is 0 Å². The predicted octanol–water partition coefficient (Wildman–Crippen LogP) is 20.8. The van der Waals surface area contributed by atoms with Crippen LogP contribution in [-0.2, 0) is 114 Å². The number of hydrogen-bond donors (Lipinski definition) is 0.